The molecule has 0 amide bonds. The largest absolute Gasteiger partial charge is 0.455 e. The summed E-state index contributed by atoms with van der Waals surface area (Å²) < 4.78 is 73.1. The van der Waals surface area contributed by atoms with Crippen LogP contribution >= 0.6 is 0 Å². The molecule has 33 heavy (non-hydrogen) atoms. The van der Waals surface area contributed by atoms with Crippen molar-refractivity contribution in [1.82, 2.24) is 4.98 Å². The van der Waals surface area contributed by atoms with E-state index in [1.54, 1.807) is 32.9 Å². The monoisotopic (exact) mass is 441 g/mol. The van der Waals surface area contributed by atoms with Crippen LogP contribution in [0.15, 0.2) is 71.3 Å². The van der Waals surface area contributed by atoms with E-state index in [0.717, 1.165) is 21.9 Å². The molecule has 0 aliphatic rings. The molecule has 3 aromatic carbocycles. The number of nitrogens with zero attached hydrogens (tertiary/aromatic N) is 1. The van der Waals surface area contributed by atoms with E-state index in [2.05, 4.69) is 4.98 Å². The summed E-state index contributed by atoms with van der Waals surface area (Å²) in [7, 11) is 0. The maximum absolute atomic E-state index is 8.69. The third-order valence-corrected chi connectivity index (χ3v) is 5.74. The van der Waals surface area contributed by atoms with Gasteiger partial charge in [0, 0.05) is 33.5 Å². The summed E-state index contributed by atoms with van der Waals surface area (Å²) in [5.74, 6) is 0. The van der Waals surface area contributed by atoms with E-state index >= 15 is 0 Å². The summed E-state index contributed by atoms with van der Waals surface area (Å²) in [6, 6.07) is 17.5. The molecule has 2 nitrogen and oxygen atoms in total. The highest BCUT2D eigenvalue weighted by atomic mass is 16.3. The summed E-state index contributed by atoms with van der Waals surface area (Å²) >= 11 is 0. The van der Waals surface area contributed by atoms with Crippen LogP contribution in [0.1, 0.15) is 54.0 Å². The highest BCUT2D eigenvalue weighted by Crippen LogP contribution is 2.38. The normalized spacial score (nSPS) is 16.8. The third-order valence-electron chi connectivity index (χ3n) is 5.74. The zero-order valence-corrected chi connectivity index (χ0v) is 19.2. The Balaban J connectivity index is 1.79. The molecule has 166 valence electrons. The fourth-order valence-electron chi connectivity index (χ4n) is 4.34. The van der Waals surface area contributed by atoms with Crippen LogP contribution in [-0.2, 0) is 6.37 Å². The molecule has 2 heteroatoms. The van der Waals surface area contributed by atoms with Crippen molar-refractivity contribution in [3.05, 3.63) is 89.1 Å². The third kappa shape index (κ3) is 3.95. The highest BCUT2D eigenvalue weighted by Gasteiger charge is 2.17. The zero-order chi connectivity index (χ0) is 30.1. The average Bonchev–Trinajstić information content (AvgIpc) is 3.26. The minimum absolute atomic E-state index is 0.0917. The van der Waals surface area contributed by atoms with E-state index in [9.17, 15) is 0 Å². The van der Waals surface area contributed by atoms with Crippen molar-refractivity contribution in [3.63, 3.8) is 0 Å². The number of fused-ring (bicyclic) bond motifs is 3. The van der Waals surface area contributed by atoms with Gasteiger partial charge in [-0.1, -0.05) is 63.2 Å². The molecule has 5 aromatic rings. The second-order valence-corrected chi connectivity index (χ2v) is 9.48. The van der Waals surface area contributed by atoms with Crippen LogP contribution < -0.4 is 0 Å². The number of rotatable bonds is 3. The first-order valence-electron chi connectivity index (χ1n) is 15.0. The van der Waals surface area contributed by atoms with E-state index in [0.29, 0.717) is 16.8 Å². The quantitative estimate of drug-likeness (QED) is 0.279. The fourth-order valence-corrected chi connectivity index (χ4v) is 4.34. The van der Waals surface area contributed by atoms with Crippen LogP contribution in [0.2, 0.25) is 0 Å². The number of benzene rings is 3. The molecule has 0 saturated carbocycles. The minimum Gasteiger partial charge on any atom is -0.455 e. The first-order valence-corrected chi connectivity index (χ1v) is 11.0. The van der Waals surface area contributed by atoms with Gasteiger partial charge >= 0.3 is 0 Å². The number of hydrogen-bond acceptors (Lipinski definition) is 2. The standard InChI is InChI=1S/C31H31NO/c1-19-9-7-12-28-29(19)25-11-8-10-24(30(25)33-28)27-16-26(21(3)18-32-27)23-14-13-22(15-20(23)2)17-31(4,5)6/h7-16,18H,17H2,1-6H3/i2D3,3D3,17D2. The zero-order valence-electron chi connectivity index (χ0n) is 27.2. The van der Waals surface area contributed by atoms with Gasteiger partial charge in [-0.05, 0) is 84.0 Å². The lowest BCUT2D eigenvalue weighted by Gasteiger charge is -2.19. The maximum atomic E-state index is 8.69. The van der Waals surface area contributed by atoms with Gasteiger partial charge in [0.05, 0.1) is 5.69 Å². The molecule has 0 bridgehead atoms. The van der Waals surface area contributed by atoms with E-state index in [1.165, 1.54) is 18.3 Å². The van der Waals surface area contributed by atoms with Crippen molar-refractivity contribution in [2.45, 2.75) is 47.8 Å². The van der Waals surface area contributed by atoms with Crippen LogP contribution in [0, 0.1) is 26.0 Å². The van der Waals surface area contributed by atoms with E-state index < -0.39 is 25.5 Å². The van der Waals surface area contributed by atoms with Crippen LogP contribution in [0.5, 0.6) is 0 Å². The van der Waals surface area contributed by atoms with Gasteiger partial charge < -0.3 is 4.42 Å². The summed E-state index contributed by atoms with van der Waals surface area (Å²) in [5.41, 5.74) is 3.05. The van der Waals surface area contributed by atoms with Gasteiger partial charge in [-0.15, -0.1) is 0 Å². The van der Waals surface area contributed by atoms with Crippen molar-refractivity contribution in [2.24, 2.45) is 5.41 Å². The molecule has 0 fully saturated rings. The van der Waals surface area contributed by atoms with Crippen molar-refractivity contribution in [2.75, 3.05) is 0 Å². The molecule has 2 heterocycles. The molecule has 0 N–H and O–H groups in total. The van der Waals surface area contributed by atoms with Crippen molar-refractivity contribution >= 4 is 21.9 Å². The number of aromatic nitrogens is 1. The van der Waals surface area contributed by atoms with Crippen LogP contribution in [0.4, 0.5) is 0 Å². The number of hydrogen-bond donors (Lipinski definition) is 0. The Morgan fingerprint density at radius 2 is 1.70 bits per heavy atom. The second kappa shape index (κ2) is 7.88. The molecule has 5 rings (SSSR count). The van der Waals surface area contributed by atoms with Gasteiger partial charge in [0.25, 0.3) is 0 Å². The fraction of sp³-hybridized carbons (Fsp3) is 0.258. The Labute approximate surface area is 207 Å². The molecule has 2 aromatic heterocycles. The molecule has 0 unspecified atom stereocenters. The topological polar surface area (TPSA) is 26.0 Å². The number of pyridine rings is 1. The van der Waals surface area contributed by atoms with Crippen molar-refractivity contribution in [1.29, 1.82) is 0 Å². The van der Waals surface area contributed by atoms with Gasteiger partial charge in [0.1, 0.15) is 11.2 Å². The van der Waals surface area contributed by atoms with Crippen molar-refractivity contribution in [3.8, 4) is 22.4 Å². The van der Waals surface area contributed by atoms with Crippen molar-refractivity contribution < 1.29 is 15.4 Å². The Morgan fingerprint density at radius 1 is 0.879 bits per heavy atom. The Morgan fingerprint density at radius 3 is 2.48 bits per heavy atom. The number of para-hydroxylation sites is 1. The predicted octanol–water partition coefficient (Wildman–Crippen LogP) is 8.83. The first kappa shape index (κ1) is 14.0. The Bertz CT molecular complexity index is 1790. The summed E-state index contributed by atoms with van der Waals surface area (Å²) in [4.78, 5) is 4.50. The van der Waals surface area contributed by atoms with Gasteiger partial charge in [-0.25, -0.2) is 0 Å². The van der Waals surface area contributed by atoms with E-state index in [1.807, 2.05) is 43.3 Å². The molecule has 0 aliphatic heterocycles. The molecule has 0 saturated heterocycles. The summed E-state index contributed by atoms with van der Waals surface area (Å²) in [6.45, 7) is 2.04. The number of aryl methyl sites for hydroxylation is 3. The van der Waals surface area contributed by atoms with E-state index in [-0.39, 0.29) is 27.8 Å². The van der Waals surface area contributed by atoms with Gasteiger partial charge in [0.15, 0.2) is 0 Å². The number of furan rings is 1. The molecular weight excluding hydrogens is 402 g/mol. The van der Waals surface area contributed by atoms with Crippen LogP contribution in [-0.4, -0.2) is 4.98 Å². The molecule has 0 aliphatic carbocycles. The first-order chi connectivity index (χ1) is 18.9. The second-order valence-electron chi connectivity index (χ2n) is 9.48. The van der Waals surface area contributed by atoms with E-state index in [4.69, 9.17) is 15.4 Å². The minimum atomic E-state index is -2.63. The predicted molar refractivity (Wildman–Crippen MR) is 140 cm³/mol. The smallest absolute Gasteiger partial charge is 0.144 e. The lowest BCUT2D eigenvalue weighted by atomic mass is 9.86. The summed E-state index contributed by atoms with van der Waals surface area (Å²) in [6.07, 6.45) is -0.563. The SMILES string of the molecule is [2H]C([2H])([2H])c1cnc(-c2cccc3c2oc2cccc(C)c23)cc1-c1ccc(C([2H])([2H])C(C)(C)C)cc1C([2H])([2H])[2H]. The molecule has 0 radical (unpaired) electrons. The van der Waals surface area contributed by atoms with Gasteiger partial charge in [-0.2, -0.15) is 0 Å². The Hall–Kier alpha value is -3.39. The molecule has 0 spiro atoms. The lowest BCUT2D eigenvalue weighted by molar-refractivity contribution is 0.411. The average molecular weight is 442 g/mol. The van der Waals surface area contributed by atoms with Gasteiger partial charge in [-0.3, -0.25) is 4.98 Å². The summed E-state index contributed by atoms with van der Waals surface area (Å²) in [5, 5.41) is 1.88. The molecule has 0 atom stereocenters. The van der Waals surface area contributed by atoms with Crippen LogP contribution in [0.25, 0.3) is 44.3 Å². The highest BCUT2D eigenvalue weighted by molar-refractivity contribution is 6.10. The lowest BCUT2D eigenvalue weighted by Crippen LogP contribution is -2.09. The van der Waals surface area contributed by atoms with Gasteiger partial charge in [0.2, 0.25) is 0 Å². The maximum Gasteiger partial charge on any atom is 0.144 e. The Kier molecular flexibility index (Phi) is 3.34. The van der Waals surface area contributed by atoms with Crippen LogP contribution in [0.3, 0.4) is 0 Å². The molecular formula is C31H31NO.